The molecule has 33 heavy (non-hydrogen) atoms. The van der Waals surface area contributed by atoms with Crippen LogP contribution in [-0.4, -0.2) is 22.6 Å². The topological polar surface area (TPSA) is 49.7 Å². The number of hydrogen-bond acceptors (Lipinski definition) is 4. The monoisotopic (exact) mass is 466 g/mol. The lowest BCUT2D eigenvalue weighted by Crippen LogP contribution is -2.30. The molecule has 1 amide bonds. The summed E-state index contributed by atoms with van der Waals surface area (Å²) in [7, 11) is 0. The van der Waals surface area contributed by atoms with Crippen LogP contribution in [0, 0.1) is 0 Å². The van der Waals surface area contributed by atoms with Crippen molar-refractivity contribution in [3.8, 4) is 0 Å². The van der Waals surface area contributed by atoms with Gasteiger partial charge in [0, 0.05) is 5.56 Å². The Labute approximate surface area is 192 Å². The van der Waals surface area contributed by atoms with E-state index < -0.39 is 17.6 Å². The summed E-state index contributed by atoms with van der Waals surface area (Å²) >= 11 is 1.06. The van der Waals surface area contributed by atoms with Crippen LogP contribution in [-0.2, 0) is 11.0 Å². The average molecular weight is 466 g/mol. The Balaban J connectivity index is 1.68. The Bertz CT molecular complexity index is 1240. The molecule has 0 fully saturated rings. The lowest BCUT2D eigenvalue weighted by molar-refractivity contribution is -0.137. The van der Waals surface area contributed by atoms with Gasteiger partial charge in [0.15, 0.2) is 11.0 Å². The lowest BCUT2D eigenvalue weighted by Gasteiger charge is -2.17. The SMILES string of the molecule is O=C(CSC1=N/C(=C/c2ccccc2C(F)(F)F)C(=O)N1c1ccccc1)c1ccccc1. The fourth-order valence-corrected chi connectivity index (χ4v) is 4.17. The molecule has 0 unspecified atom stereocenters. The maximum Gasteiger partial charge on any atom is 0.416 e. The minimum absolute atomic E-state index is 0.0197. The van der Waals surface area contributed by atoms with Crippen LogP contribution in [0.5, 0.6) is 0 Å². The second kappa shape index (κ2) is 9.46. The van der Waals surface area contributed by atoms with Gasteiger partial charge >= 0.3 is 6.18 Å². The van der Waals surface area contributed by atoms with Crippen LogP contribution in [0.4, 0.5) is 18.9 Å². The molecular formula is C25H17F3N2O2S. The van der Waals surface area contributed by atoms with E-state index in [1.54, 1.807) is 60.7 Å². The number of thioether (sulfide) groups is 1. The molecule has 4 nitrogen and oxygen atoms in total. The summed E-state index contributed by atoms with van der Waals surface area (Å²) in [6, 6.07) is 22.3. The van der Waals surface area contributed by atoms with Gasteiger partial charge < -0.3 is 0 Å². The fourth-order valence-electron chi connectivity index (χ4n) is 3.26. The number of rotatable bonds is 5. The van der Waals surface area contributed by atoms with Crippen LogP contribution < -0.4 is 4.90 Å². The number of carbonyl (C=O) groups excluding carboxylic acids is 2. The molecule has 8 heteroatoms. The molecule has 0 aliphatic carbocycles. The Morgan fingerprint density at radius 1 is 0.909 bits per heavy atom. The predicted molar refractivity (Wildman–Crippen MR) is 124 cm³/mol. The number of Topliss-reactive ketones (excluding diaryl/α,β-unsaturated/α-hetero) is 1. The number of benzene rings is 3. The largest absolute Gasteiger partial charge is 0.416 e. The van der Waals surface area contributed by atoms with E-state index in [1.165, 1.54) is 23.1 Å². The highest BCUT2D eigenvalue weighted by atomic mass is 32.2. The molecule has 3 aromatic carbocycles. The van der Waals surface area contributed by atoms with Gasteiger partial charge in [-0.2, -0.15) is 13.2 Å². The molecule has 0 atom stereocenters. The van der Waals surface area contributed by atoms with Gasteiger partial charge in [0.2, 0.25) is 0 Å². The molecule has 0 N–H and O–H groups in total. The van der Waals surface area contributed by atoms with Crippen molar-refractivity contribution < 1.29 is 22.8 Å². The third-order valence-corrected chi connectivity index (χ3v) is 5.77. The zero-order valence-corrected chi connectivity index (χ0v) is 17.9. The minimum Gasteiger partial charge on any atom is -0.293 e. The van der Waals surface area contributed by atoms with Crippen molar-refractivity contribution in [1.29, 1.82) is 0 Å². The molecule has 1 aliphatic heterocycles. The minimum atomic E-state index is -4.57. The van der Waals surface area contributed by atoms with Gasteiger partial charge in [-0.3, -0.25) is 14.5 Å². The average Bonchev–Trinajstić information content (AvgIpc) is 3.13. The first kappa shape index (κ1) is 22.5. The van der Waals surface area contributed by atoms with Crippen LogP contribution in [0.2, 0.25) is 0 Å². The highest BCUT2D eigenvalue weighted by Gasteiger charge is 2.35. The van der Waals surface area contributed by atoms with Crippen LogP contribution in [0.25, 0.3) is 6.08 Å². The van der Waals surface area contributed by atoms with E-state index >= 15 is 0 Å². The van der Waals surface area contributed by atoms with Crippen molar-refractivity contribution in [3.05, 3.63) is 107 Å². The molecular weight excluding hydrogens is 449 g/mol. The summed E-state index contributed by atoms with van der Waals surface area (Å²) in [4.78, 5) is 31.3. The molecule has 0 bridgehead atoms. The third kappa shape index (κ3) is 5.06. The fraction of sp³-hybridized carbons (Fsp3) is 0.0800. The van der Waals surface area contributed by atoms with Crippen molar-refractivity contribution >= 4 is 40.4 Å². The van der Waals surface area contributed by atoms with Crippen molar-refractivity contribution in [2.24, 2.45) is 4.99 Å². The zero-order chi connectivity index (χ0) is 23.4. The van der Waals surface area contributed by atoms with Crippen molar-refractivity contribution in [1.82, 2.24) is 0 Å². The van der Waals surface area contributed by atoms with E-state index in [9.17, 15) is 22.8 Å². The smallest absolute Gasteiger partial charge is 0.293 e. The number of carbonyl (C=O) groups is 2. The third-order valence-electron chi connectivity index (χ3n) is 4.83. The first-order valence-corrected chi connectivity index (χ1v) is 10.9. The number of ketones is 1. The summed E-state index contributed by atoms with van der Waals surface area (Å²) in [5.41, 5.74) is -0.112. The molecule has 1 aliphatic rings. The van der Waals surface area contributed by atoms with Gasteiger partial charge in [0.05, 0.1) is 17.0 Å². The number of nitrogens with zero attached hydrogens (tertiary/aromatic N) is 2. The number of aliphatic imine (C=N–C) groups is 1. The molecule has 0 aromatic heterocycles. The molecule has 0 saturated carbocycles. The van der Waals surface area contributed by atoms with Gasteiger partial charge in [-0.25, -0.2) is 4.99 Å². The summed E-state index contributed by atoms with van der Waals surface area (Å²) < 4.78 is 40.2. The van der Waals surface area contributed by atoms with Gasteiger partial charge in [-0.1, -0.05) is 78.5 Å². The molecule has 166 valence electrons. The maximum atomic E-state index is 13.4. The van der Waals surface area contributed by atoms with E-state index in [1.807, 2.05) is 0 Å². The summed E-state index contributed by atoms with van der Waals surface area (Å²) in [6.07, 6.45) is -3.44. The highest BCUT2D eigenvalue weighted by Crippen LogP contribution is 2.35. The standard InChI is InChI=1S/C25H17F3N2O2S/c26-25(27,28)20-14-8-7-11-18(20)15-21-23(32)30(19-12-5-2-6-13-19)24(29-21)33-16-22(31)17-9-3-1-4-10-17/h1-15H,16H2/b21-15+. The van der Waals surface area contributed by atoms with Crippen LogP contribution >= 0.6 is 11.8 Å². The van der Waals surface area contributed by atoms with Crippen molar-refractivity contribution in [3.63, 3.8) is 0 Å². The van der Waals surface area contributed by atoms with E-state index in [-0.39, 0.29) is 28.0 Å². The van der Waals surface area contributed by atoms with Crippen molar-refractivity contribution in [2.75, 3.05) is 10.7 Å². The summed E-state index contributed by atoms with van der Waals surface area (Å²) in [5, 5.41) is 0.228. The second-order valence-corrected chi connectivity index (χ2v) is 8.01. The first-order chi connectivity index (χ1) is 15.8. The number of amidine groups is 1. The highest BCUT2D eigenvalue weighted by molar-refractivity contribution is 8.14. The first-order valence-electron chi connectivity index (χ1n) is 9.92. The molecule has 0 spiro atoms. The number of anilines is 1. The molecule has 0 saturated heterocycles. The van der Waals surface area contributed by atoms with Crippen LogP contribution in [0.15, 0.2) is 95.6 Å². The van der Waals surface area contributed by atoms with E-state index in [0.717, 1.165) is 23.9 Å². The summed E-state index contributed by atoms with van der Waals surface area (Å²) in [5.74, 6) is -0.692. The Kier molecular flexibility index (Phi) is 6.46. The van der Waals surface area contributed by atoms with Gasteiger partial charge in [-0.05, 0) is 29.8 Å². The molecule has 4 rings (SSSR count). The number of hydrogen-bond donors (Lipinski definition) is 0. The zero-order valence-electron chi connectivity index (χ0n) is 17.1. The van der Waals surface area contributed by atoms with Crippen LogP contribution in [0.1, 0.15) is 21.5 Å². The van der Waals surface area contributed by atoms with Gasteiger partial charge in [0.1, 0.15) is 5.70 Å². The maximum absolute atomic E-state index is 13.4. The second-order valence-electron chi connectivity index (χ2n) is 7.06. The number of amides is 1. The normalized spacial score (nSPS) is 15.1. The number of alkyl halides is 3. The van der Waals surface area contributed by atoms with Gasteiger partial charge in [0.25, 0.3) is 5.91 Å². The molecule has 0 radical (unpaired) electrons. The molecule has 3 aromatic rings. The Hall–Kier alpha value is -3.65. The Morgan fingerprint density at radius 3 is 2.18 bits per heavy atom. The lowest BCUT2D eigenvalue weighted by atomic mass is 10.1. The molecule has 1 heterocycles. The van der Waals surface area contributed by atoms with E-state index in [2.05, 4.69) is 4.99 Å². The van der Waals surface area contributed by atoms with E-state index in [0.29, 0.717) is 11.3 Å². The van der Waals surface area contributed by atoms with Crippen molar-refractivity contribution in [2.45, 2.75) is 6.18 Å². The Morgan fingerprint density at radius 2 is 1.52 bits per heavy atom. The predicted octanol–water partition coefficient (Wildman–Crippen LogP) is 6.07. The van der Waals surface area contributed by atoms with Gasteiger partial charge in [-0.15, -0.1) is 0 Å². The van der Waals surface area contributed by atoms with E-state index in [4.69, 9.17) is 0 Å². The number of halogens is 3. The quantitative estimate of drug-likeness (QED) is 0.339. The van der Waals surface area contributed by atoms with Crippen LogP contribution in [0.3, 0.4) is 0 Å². The number of para-hydroxylation sites is 1. The summed E-state index contributed by atoms with van der Waals surface area (Å²) in [6.45, 7) is 0.